The number of nitrogens with one attached hydrogen (secondary N) is 2. The Balaban J connectivity index is 1.47. The Bertz CT molecular complexity index is 1750. The number of hydrogen-bond donors (Lipinski definition) is 2. The topological polar surface area (TPSA) is 114 Å². The molecule has 2 N–H and O–H groups in total. The first kappa shape index (κ1) is 23.5. The zero-order valence-corrected chi connectivity index (χ0v) is 21.8. The van der Waals surface area contributed by atoms with E-state index in [0.29, 0.717) is 18.2 Å². The number of hydrazone groups is 1. The smallest absolute Gasteiger partial charge is 0.240 e. The minimum Gasteiger partial charge on any atom is -0.296 e. The van der Waals surface area contributed by atoms with E-state index in [1.165, 1.54) is 12.8 Å². The van der Waals surface area contributed by atoms with Crippen molar-refractivity contribution in [2.45, 2.75) is 39.5 Å². The molecular formula is C30H28N8O. The number of carbonyl (C=O) groups excluding carboxylic acids is 1. The zero-order chi connectivity index (χ0) is 26.5. The van der Waals surface area contributed by atoms with Crippen LogP contribution in [0, 0.1) is 18.8 Å². The molecule has 1 atom stereocenters. The van der Waals surface area contributed by atoms with E-state index in [4.69, 9.17) is 4.98 Å². The second kappa shape index (κ2) is 9.27. The molecule has 2 aromatic heterocycles. The molecule has 3 aromatic carbocycles. The number of amides is 1. The number of para-hydroxylation sites is 1. The SMILES string of the molecule is Cc1cc(C2=NNC(=O)CC2C)cc2c1nc(CC1CC1)n2-c1ccccc1-c1ccccc1-c1nnn[nH]1. The molecule has 1 amide bonds. The van der Waals surface area contributed by atoms with Crippen LogP contribution in [0.2, 0.25) is 0 Å². The summed E-state index contributed by atoms with van der Waals surface area (Å²) in [5, 5.41) is 19.2. The maximum Gasteiger partial charge on any atom is 0.240 e. The van der Waals surface area contributed by atoms with Crippen LogP contribution in [0.25, 0.3) is 39.2 Å². The molecule has 3 heterocycles. The molecule has 1 fully saturated rings. The van der Waals surface area contributed by atoms with Gasteiger partial charge in [-0.25, -0.2) is 15.5 Å². The first-order chi connectivity index (χ1) is 19.1. The van der Waals surface area contributed by atoms with Crippen LogP contribution >= 0.6 is 0 Å². The van der Waals surface area contributed by atoms with Crippen molar-refractivity contribution < 1.29 is 4.79 Å². The molecule has 1 aliphatic heterocycles. The third-order valence-corrected chi connectivity index (χ3v) is 7.71. The van der Waals surface area contributed by atoms with Crippen molar-refractivity contribution in [1.29, 1.82) is 0 Å². The van der Waals surface area contributed by atoms with Gasteiger partial charge in [0.2, 0.25) is 5.91 Å². The molecule has 0 saturated heterocycles. The third-order valence-electron chi connectivity index (χ3n) is 7.71. The fourth-order valence-electron chi connectivity index (χ4n) is 5.63. The minimum atomic E-state index is -0.0460. The fourth-order valence-corrected chi connectivity index (χ4v) is 5.63. The van der Waals surface area contributed by atoms with Gasteiger partial charge >= 0.3 is 0 Å². The number of rotatable bonds is 6. The molecule has 194 valence electrons. The quantitative estimate of drug-likeness (QED) is 0.330. The van der Waals surface area contributed by atoms with Crippen molar-refractivity contribution in [1.82, 2.24) is 35.6 Å². The van der Waals surface area contributed by atoms with E-state index in [-0.39, 0.29) is 11.8 Å². The third kappa shape index (κ3) is 4.20. The summed E-state index contributed by atoms with van der Waals surface area (Å²) in [7, 11) is 0. The summed E-state index contributed by atoms with van der Waals surface area (Å²) in [5.74, 6) is 2.34. The van der Waals surface area contributed by atoms with Crippen molar-refractivity contribution in [2.75, 3.05) is 0 Å². The highest BCUT2D eigenvalue weighted by atomic mass is 16.2. The number of hydrogen-bond acceptors (Lipinski definition) is 6. The number of imidazole rings is 1. The van der Waals surface area contributed by atoms with Gasteiger partial charge in [0, 0.05) is 35.4 Å². The number of carbonyl (C=O) groups is 1. The van der Waals surface area contributed by atoms with Crippen LogP contribution in [0.5, 0.6) is 0 Å². The number of nitrogens with zero attached hydrogens (tertiary/aromatic N) is 6. The highest BCUT2D eigenvalue weighted by molar-refractivity contribution is 6.07. The lowest BCUT2D eigenvalue weighted by molar-refractivity contribution is -0.121. The van der Waals surface area contributed by atoms with E-state index >= 15 is 0 Å². The van der Waals surface area contributed by atoms with Crippen molar-refractivity contribution >= 4 is 22.7 Å². The number of H-pyrrole nitrogens is 1. The molecule has 0 bridgehead atoms. The van der Waals surface area contributed by atoms with Crippen LogP contribution in [0.3, 0.4) is 0 Å². The Morgan fingerprint density at radius 3 is 2.51 bits per heavy atom. The van der Waals surface area contributed by atoms with Gasteiger partial charge < -0.3 is 0 Å². The Hall–Kier alpha value is -4.66. The standard InChI is InChI=1S/C30H28N8O/c1-17-13-20(28-18(2)14-27(39)32-33-28)16-25-29(17)31-26(15-19-11-12-19)38(25)24-10-6-5-8-22(24)21-7-3-4-9-23(21)30-34-36-37-35-30/h3-10,13,16,18-19H,11-12,14-15H2,1-2H3,(H,32,39)(H,34,35,36,37). The Kier molecular flexibility index (Phi) is 5.57. The molecule has 0 radical (unpaired) electrons. The van der Waals surface area contributed by atoms with Crippen molar-refractivity contribution in [2.24, 2.45) is 16.9 Å². The lowest BCUT2D eigenvalue weighted by atomic mass is 9.92. The van der Waals surface area contributed by atoms with Gasteiger partial charge in [0.25, 0.3) is 0 Å². The Morgan fingerprint density at radius 2 is 1.77 bits per heavy atom. The predicted molar refractivity (Wildman–Crippen MR) is 149 cm³/mol. The number of aromatic amines is 1. The van der Waals surface area contributed by atoms with E-state index in [1.54, 1.807) is 0 Å². The van der Waals surface area contributed by atoms with E-state index in [9.17, 15) is 4.79 Å². The molecule has 7 rings (SSSR count). The molecule has 9 nitrogen and oxygen atoms in total. The highest BCUT2D eigenvalue weighted by Gasteiger charge is 2.28. The van der Waals surface area contributed by atoms with Crippen molar-refractivity contribution in [3.63, 3.8) is 0 Å². The molecule has 0 spiro atoms. The minimum absolute atomic E-state index is 0.0348. The van der Waals surface area contributed by atoms with Gasteiger partial charge in [-0.1, -0.05) is 49.4 Å². The lowest BCUT2D eigenvalue weighted by Crippen LogP contribution is -2.32. The second-order valence-corrected chi connectivity index (χ2v) is 10.6. The fraction of sp³-hybridized carbons (Fsp3) is 0.267. The van der Waals surface area contributed by atoms with E-state index in [2.05, 4.69) is 92.0 Å². The summed E-state index contributed by atoms with van der Waals surface area (Å²) in [4.78, 5) is 17.1. The largest absolute Gasteiger partial charge is 0.296 e. The molecule has 39 heavy (non-hydrogen) atoms. The average molecular weight is 517 g/mol. The monoisotopic (exact) mass is 516 g/mol. The molecule has 1 saturated carbocycles. The van der Waals surface area contributed by atoms with Crippen LogP contribution in [0.4, 0.5) is 0 Å². The Morgan fingerprint density at radius 1 is 1.00 bits per heavy atom. The number of aryl methyl sites for hydroxylation is 1. The van der Waals surface area contributed by atoms with Crippen molar-refractivity contribution in [3.8, 4) is 28.2 Å². The van der Waals surface area contributed by atoms with Gasteiger partial charge in [-0.2, -0.15) is 5.10 Å². The molecule has 2 aliphatic rings. The predicted octanol–water partition coefficient (Wildman–Crippen LogP) is 4.99. The molecule has 1 aliphatic carbocycles. The first-order valence-electron chi connectivity index (χ1n) is 13.4. The molecule has 1 unspecified atom stereocenters. The maximum absolute atomic E-state index is 11.9. The number of tetrazole rings is 1. The normalized spacial score (nSPS) is 17.3. The molecule has 9 heteroatoms. The van der Waals surface area contributed by atoms with Crippen LogP contribution in [-0.2, 0) is 11.2 Å². The second-order valence-electron chi connectivity index (χ2n) is 10.6. The first-order valence-corrected chi connectivity index (χ1v) is 13.4. The molecule has 5 aromatic rings. The zero-order valence-electron chi connectivity index (χ0n) is 21.8. The summed E-state index contributed by atoms with van der Waals surface area (Å²) in [5.41, 5.74) is 11.8. The van der Waals surface area contributed by atoms with Gasteiger partial charge in [0.15, 0.2) is 5.82 Å². The van der Waals surface area contributed by atoms with E-state index < -0.39 is 0 Å². The van der Waals surface area contributed by atoms with Gasteiger partial charge in [-0.15, -0.1) is 5.10 Å². The van der Waals surface area contributed by atoms with Gasteiger partial charge in [-0.3, -0.25) is 9.36 Å². The van der Waals surface area contributed by atoms with Gasteiger partial charge in [0.05, 0.1) is 22.4 Å². The summed E-state index contributed by atoms with van der Waals surface area (Å²) in [6, 6.07) is 20.9. The van der Waals surface area contributed by atoms with Gasteiger partial charge in [0.1, 0.15) is 5.82 Å². The average Bonchev–Trinajstić information content (AvgIpc) is 3.43. The Labute approximate surface area is 225 Å². The summed E-state index contributed by atoms with van der Waals surface area (Å²) in [6.45, 7) is 4.16. The van der Waals surface area contributed by atoms with E-state index in [1.807, 2.05) is 18.2 Å². The van der Waals surface area contributed by atoms with E-state index in [0.717, 1.165) is 62.5 Å². The van der Waals surface area contributed by atoms with Gasteiger partial charge in [-0.05, 0) is 65.4 Å². The summed E-state index contributed by atoms with van der Waals surface area (Å²) >= 11 is 0. The number of fused-ring (bicyclic) bond motifs is 1. The van der Waals surface area contributed by atoms with Crippen molar-refractivity contribution in [3.05, 3.63) is 77.6 Å². The maximum atomic E-state index is 11.9. The summed E-state index contributed by atoms with van der Waals surface area (Å²) < 4.78 is 2.32. The van der Waals surface area contributed by atoms with Crippen LogP contribution in [0.1, 0.15) is 43.1 Å². The highest BCUT2D eigenvalue weighted by Crippen LogP contribution is 2.39. The van der Waals surface area contributed by atoms with Crippen LogP contribution < -0.4 is 5.43 Å². The number of aromatic nitrogens is 6. The number of benzene rings is 3. The van der Waals surface area contributed by atoms with Crippen LogP contribution in [0.15, 0.2) is 65.8 Å². The lowest BCUT2D eigenvalue weighted by Gasteiger charge is -2.20. The summed E-state index contributed by atoms with van der Waals surface area (Å²) in [6.07, 6.45) is 3.84. The molecular weight excluding hydrogens is 488 g/mol. The van der Waals surface area contributed by atoms with Crippen LogP contribution in [-0.4, -0.2) is 41.8 Å².